The van der Waals surface area contributed by atoms with Crippen molar-refractivity contribution in [1.29, 1.82) is 0 Å². The molecule has 0 aliphatic rings. The van der Waals surface area contributed by atoms with Crippen molar-refractivity contribution in [2.24, 2.45) is 14.0 Å². The van der Waals surface area contributed by atoms with Gasteiger partial charge in [0.2, 0.25) is 0 Å². The van der Waals surface area contributed by atoms with Crippen LogP contribution < -0.4 is 0 Å². The van der Waals surface area contributed by atoms with Gasteiger partial charge in [0.15, 0.2) is 0 Å². The topological polar surface area (TPSA) is 37.1 Å². The second kappa shape index (κ2) is 62.0. The van der Waals surface area contributed by atoms with E-state index in [1.165, 1.54) is 0 Å². The van der Waals surface area contributed by atoms with Gasteiger partial charge in [0.25, 0.3) is 23.9 Å². The third-order valence-electron chi connectivity index (χ3n) is 0.231. The average Bonchev–Trinajstić information content (AvgIpc) is 2.22. The summed E-state index contributed by atoms with van der Waals surface area (Å²) in [4.78, 5) is 0. The monoisotopic (exact) mass is 318 g/mol. The minimum absolute atomic E-state index is 0. The second-order valence-electron chi connectivity index (χ2n) is 0.760. The Morgan fingerprint density at radius 2 is 1.00 bits per heavy atom. The molecule has 0 unspecified atom stereocenters. The molecular weight excluding hydrogens is 304 g/mol. The van der Waals surface area contributed by atoms with E-state index in [1.807, 2.05) is 27.2 Å². The quantitative estimate of drug-likeness (QED) is 0.486. The first-order chi connectivity index (χ1) is 6.24. The van der Waals surface area contributed by atoms with Crippen LogP contribution in [0, 0.1) is 0 Å². The zero-order chi connectivity index (χ0) is 11.5. The van der Waals surface area contributed by atoms with Gasteiger partial charge in [-0.1, -0.05) is 13.8 Å². The van der Waals surface area contributed by atoms with Gasteiger partial charge in [0.1, 0.15) is 0 Å². The summed E-state index contributed by atoms with van der Waals surface area (Å²) in [5.41, 5.74) is 0. The molecule has 0 N–H and O–H groups in total. The molecular formula is C4H13B3N3P3Y. The first kappa shape index (κ1) is 29.6. The van der Waals surface area contributed by atoms with Crippen LogP contribution in [-0.2, 0) is 32.7 Å². The molecule has 71 valence electrons. The van der Waals surface area contributed by atoms with Gasteiger partial charge in [-0.05, 0) is 39.1 Å². The molecule has 0 aromatic carbocycles. The van der Waals surface area contributed by atoms with Crippen LogP contribution in [0.25, 0.3) is 0 Å². The van der Waals surface area contributed by atoms with Crippen molar-refractivity contribution in [2.45, 2.75) is 13.8 Å². The number of hydrogen-bond donors (Lipinski definition) is 0. The molecule has 0 aromatic rings. The molecule has 0 aliphatic carbocycles. The van der Waals surface area contributed by atoms with E-state index in [4.69, 9.17) is 0 Å². The summed E-state index contributed by atoms with van der Waals surface area (Å²) in [5.74, 6) is 0. The Bertz CT molecular complexity index is 99.2. The zero-order valence-electron chi connectivity index (χ0n) is 9.05. The molecule has 0 rings (SSSR count). The van der Waals surface area contributed by atoms with E-state index < -0.39 is 0 Å². The van der Waals surface area contributed by atoms with E-state index in [0.717, 1.165) is 16.7 Å². The summed E-state index contributed by atoms with van der Waals surface area (Å²) >= 11 is 0. The van der Waals surface area contributed by atoms with E-state index in [1.54, 1.807) is 0 Å². The van der Waals surface area contributed by atoms with Crippen LogP contribution >= 0.6 is 25.8 Å². The Labute approximate surface area is 123 Å². The third kappa shape index (κ3) is 167. The molecule has 0 bridgehead atoms. The molecule has 7 radical (unpaired) electrons. The maximum absolute atomic E-state index is 4.64. The van der Waals surface area contributed by atoms with Crippen molar-refractivity contribution < 1.29 is 32.7 Å². The van der Waals surface area contributed by atoms with Crippen LogP contribution in [0.15, 0.2) is 14.0 Å². The predicted octanol–water partition coefficient (Wildman–Crippen LogP) is 3.08. The minimum Gasteiger partial charge on any atom is -0.344 e. The minimum atomic E-state index is 0. The van der Waals surface area contributed by atoms with Crippen molar-refractivity contribution in [3.8, 4) is 0 Å². The zero-order valence-corrected chi connectivity index (χ0v) is 14.7. The Hall–Kier alpha value is 1.60. The third-order valence-corrected chi connectivity index (χ3v) is 0.693. The SMILES string of the molecule is CC.[B]N=P.[B]N=PC.[B]N=PC.[Y]. The van der Waals surface area contributed by atoms with Crippen molar-refractivity contribution in [3.63, 3.8) is 0 Å². The Morgan fingerprint density at radius 1 is 0.929 bits per heavy atom. The van der Waals surface area contributed by atoms with Crippen molar-refractivity contribution >= 4 is 49.7 Å². The summed E-state index contributed by atoms with van der Waals surface area (Å²) in [6.07, 6.45) is 0. The molecule has 0 amide bonds. The van der Waals surface area contributed by atoms with Gasteiger partial charge in [0.05, 0.1) is 0 Å². The maximum Gasteiger partial charge on any atom is 0.266 e. The Kier molecular flexibility index (Phi) is 131. The fourth-order valence-corrected chi connectivity index (χ4v) is 0. The molecule has 0 atom stereocenters. The van der Waals surface area contributed by atoms with Gasteiger partial charge in [-0.3, -0.25) is 0 Å². The first-order valence-corrected chi connectivity index (χ1v) is 6.33. The van der Waals surface area contributed by atoms with Crippen LogP contribution in [-0.4, -0.2) is 37.3 Å². The van der Waals surface area contributed by atoms with E-state index >= 15 is 0 Å². The Morgan fingerprint density at radius 3 is 1.00 bits per heavy atom. The average molecular weight is 317 g/mol. The second-order valence-corrected chi connectivity index (χ2v) is 2.28. The number of hydrogen-bond acceptors (Lipinski definition) is 3. The molecule has 0 saturated carbocycles. The smallest absolute Gasteiger partial charge is 0.266 e. The normalized spacial score (nSPS) is 6.57. The van der Waals surface area contributed by atoms with Crippen LogP contribution in [0.3, 0.4) is 0 Å². The molecule has 0 aromatic heterocycles. The molecule has 0 aliphatic heterocycles. The van der Waals surface area contributed by atoms with Crippen molar-refractivity contribution in [3.05, 3.63) is 0 Å². The van der Waals surface area contributed by atoms with Gasteiger partial charge < -0.3 is 14.0 Å². The molecule has 14 heavy (non-hydrogen) atoms. The van der Waals surface area contributed by atoms with E-state index in [0.29, 0.717) is 0 Å². The largest absolute Gasteiger partial charge is 0.344 e. The molecule has 0 saturated heterocycles. The number of rotatable bonds is 0. The summed E-state index contributed by atoms with van der Waals surface area (Å²) in [5, 5.41) is 0. The summed E-state index contributed by atoms with van der Waals surface area (Å²) in [6, 6.07) is 0. The van der Waals surface area contributed by atoms with Gasteiger partial charge in [-0.2, -0.15) is 0 Å². The van der Waals surface area contributed by atoms with Crippen LogP contribution in [0.2, 0.25) is 0 Å². The summed E-state index contributed by atoms with van der Waals surface area (Å²) in [6.45, 7) is 7.72. The van der Waals surface area contributed by atoms with E-state index in [2.05, 4.69) is 46.9 Å². The van der Waals surface area contributed by atoms with Gasteiger partial charge in [-0.25, -0.2) is 0 Å². The van der Waals surface area contributed by atoms with E-state index in [-0.39, 0.29) is 32.7 Å². The molecule has 0 heterocycles. The van der Waals surface area contributed by atoms with Crippen LogP contribution in [0.1, 0.15) is 13.8 Å². The standard InChI is InChI=1S/C2H6.2CH3BNP.BHNP.Y/c1-2;2*1-4-3-2;1-2-3;/h1-2H3;2*1H3;3H;. The molecule has 0 fully saturated rings. The number of nitrogens with zero attached hydrogens (tertiary/aromatic N) is 3. The van der Waals surface area contributed by atoms with Crippen LogP contribution in [0.4, 0.5) is 0 Å². The molecule has 0 spiro atoms. The summed E-state index contributed by atoms with van der Waals surface area (Å²) < 4.78 is 9.22. The van der Waals surface area contributed by atoms with Gasteiger partial charge >= 0.3 is 0 Å². The van der Waals surface area contributed by atoms with Gasteiger partial charge in [-0.15, -0.1) is 0 Å². The van der Waals surface area contributed by atoms with Crippen molar-refractivity contribution in [1.82, 2.24) is 0 Å². The predicted molar refractivity (Wildman–Crippen MR) is 69.9 cm³/mol. The first-order valence-electron chi connectivity index (χ1n) is 3.29. The molecule has 10 heteroatoms. The maximum atomic E-state index is 4.64. The Balaban J connectivity index is -0.0000000260. The fourth-order valence-electron chi connectivity index (χ4n) is 0. The van der Waals surface area contributed by atoms with E-state index in [9.17, 15) is 0 Å². The summed E-state index contributed by atoms with van der Waals surface area (Å²) in [7, 11) is 18.1. The fraction of sp³-hybridized carbons (Fsp3) is 1.00. The van der Waals surface area contributed by atoms with Crippen LogP contribution in [0.5, 0.6) is 0 Å². The molecule has 3 nitrogen and oxygen atoms in total. The van der Waals surface area contributed by atoms with Crippen molar-refractivity contribution in [2.75, 3.05) is 13.3 Å². The van der Waals surface area contributed by atoms with Gasteiger partial charge in [0, 0.05) is 32.7 Å².